The van der Waals surface area contributed by atoms with E-state index in [0.29, 0.717) is 30.1 Å². The number of amides is 1. The van der Waals surface area contributed by atoms with Gasteiger partial charge in [-0.25, -0.2) is 8.42 Å². The first-order valence-electron chi connectivity index (χ1n) is 8.41. The Bertz CT molecular complexity index is 892. The lowest BCUT2D eigenvalue weighted by molar-refractivity contribution is -0.124. The van der Waals surface area contributed by atoms with Crippen LogP contribution in [0.1, 0.15) is 23.3 Å². The van der Waals surface area contributed by atoms with Gasteiger partial charge in [-0.1, -0.05) is 12.1 Å². The predicted octanol–water partition coefficient (Wildman–Crippen LogP) is 2.53. The van der Waals surface area contributed by atoms with Crippen molar-refractivity contribution in [2.45, 2.75) is 36.6 Å². The normalized spacial score (nSPS) is 18.0. The Balaban J connectivity index is 1.70. The molecule has 0 bridgehead atoms. The van der Waals surface area contributed by atoms with Crippen LogP contribution in [-0.2, 0) is 21.4 Å². The maximum absolute atomic E-state index is 12.9. The van der Waals surface area contributed by atoms with Crippen molar-refractivity contribution in [1.29, 1.82) is 0 Å². The summed E-state index contributed by atoms with van der Waals surface area (Å²) in [7, 11) is -2.05. The number of rotatable bonds is 6. The van der Waals surface area contributed by atoms with Gasteiger partial charge < -0.3 is 10.1 Å². The van der Waals surface area contributed by atoms with Gasteiger partial charge in [0.25, 0.3) is 10.0 Å². The summed E-state index contributed by atoms with van der Waals surface area (Å²) in [5.41, 5.74) is 0.902. The molecule has 140 valence electrons. The molecule has 1 saturated heterocycles. The first-order valence-corrected chi connectivity index (χ1v) is 10.7. The van der Waals surface area contributed by atoms with Crippen molar-refractivity contribution in [1.82, 2.24) is 9.62 Å². The van der Waals surface area contributed by atoms with Crippen LogP contribution in [0.4, 0.5) is 0 Å². The number of aryl methyl sites for hydroxylation is 1. The number of hydrogen-bond donors (Lipinski definition) is 1. The molecule has 1 unspecified atom stereocenters. The molecule has 3 rings (SSSR count). The molecule has 26 heavy (non-hydrogen) atoms. The molecule has 1 aromatic heterocycles. The van der Waals surface area contributed by atoms with Crippen LogP contribution in [0.5, 0.6) is 5.75 Å². The van der Waals surface area contributed by atoms with Crippen molar-refractivity contribution in [3.05, 3.63) is 46.8 Å². The first kappa shape index (κ1) is 18.9. The van der Waals surface area contributed by atoms with Crippen LogP contribution in [0, 0.1) is 6.92 Å². The maximum Gasteiger partial charge on any atom is 0.253 e. The highest BCUT2D eigenvalue weighted by molar-refractivity contribution is 7.91. The van der Waals surface area contributed by atoms with Crippen molar-refractivity contribution in [2.24, 2.45) is 0 Å². The Kier molecular flexibility index (Phi) is 5.64. The third-order valence-electron chi connectivity index (χ3n) is 4.39. The lowest BCUT2D eigenvalue weighted by Gasteiger charge is -2.22. The summed E-state index contributed by atoms with van der Waals surface area (Å²) >= 11 is 1.23. The lowest BCUT2D eigenvalue weighted by Crippen LogP contribution is -2.45. The van der Waals surface area contributed by atoms with E-state index in [1.807, 2.05) is 31.2 Å². The number of nitrogens with one attached hydrogen (secondary N) is 1. The number of nitrogens with zero attached hydrogens (tertiary/aromatic N) is 1. The molecule has 0 saturated carbocycles. The van der Waals surface area contributed by atoms with E-state index in [1.54, 1.807) is 19.2 Å². The van der Waals surface area contributed by atoms with Crippen molar-refractivity contribution < 1.29 is 17.9 Å². The second-order valence-corrected chi connectivity index (χ2v) is 9.61. The fourth-order valence-electron chi connectivity index (χ4n) is 3.05. The minimum absolute atomic E-state index is 0.262. The van der Waals surface area contributed by atoms with Crippen LogP contribution >= 0.6 is 11.3 Å². The van der Waals surface area contributed by atoms with Gasteiger partial charge >= 0.3 is 0 Å². The fourth-order valence-corrected chi connectivity index (χ4v) is 6.11. The average molecular weight is 395 g/mol. The van der Waals surface area contributed by atoms with Crippen molar-refractivity contribution >= 4 is 27.3 Å². The van der Waals surface area contributed by atoms with Crippen LogP contribution in [0.25, 0.3) is 0 Å². The third-order valence-corrected chi connectivity index (χ3v) is 7.76. The molecule has 0 spiro atoms. The number of sulfonamides is 1. The van der Waals surface area contributed by atoms with Crippen molar-refractivity contribution in [2.75, 3.05) is 13.7 Å². The number of hydrogen-bond acceptors (Lipinski definition) is 5. The minimum Gasteiger partial charge on any atom is -0.497 e. The lowest BCUT2D eigenvalue weighted by atomic mass is 10.2. The monoisotopic (exact) mass is 394 g/mol. The SMILES string of the molecule is COc1cccc(CNC(=O)C2CCCN2S(=O)(=O)c2ccc(C)s2)c1. The third kappa shape index (κ3) is 3.92. The number of methoxy groups -OCH3 is 1. The first-order chi connectivity index (χ1) is 12.4. The van der Waals surface area contributed by atoms with Crippen molar-refractivity contribution in [3.63, 3.8) is 0 Å². The molecule has 2 heterocycles. The molecule has 1 aromatic carbocycles. The molecule has 1 atom stereocenters. The zero-order chi connectivity index (χ0) is 18.7. The quantitative estimate of drug-likeness (QED) is 0.817. The molecule has 1 aliphatic heterocycles. The summed E-state index contributed by atoms with van der Waals surface area (Å²) in [4.78, 5) is 13.6. The molecule has 6 nitrogen and oxygen atoms in total. The van der Waals surface area contributed by atoms with Gasteiger partial charge in [-0.05, 0) is 49.6 Å². The molecule has 0 aliphatic carbocycles. The van der Waals surface area contributed by atoms with E-state index in [1.165, 1.54) is 15.6 Å². The Labute approximate surface area is 157 Å². The number of carbonyl (C=O) groups is 1. The standard InChI is InChI=1S/C18H22N2O4S2/c1-13-8-9-17(25-13)26(22,23)20-10-4-7-16(20)18(21)19-12-14-5-3-6-15(11-14)24-2/h3,5-6,8-9,11,16H,4,7,10,12H2,1-2H3,(H,19,21). The molecule has 1 aliphatic rings. The summed E-state index contributed by atoms with van der Waals surface area (Å²) in [6.07, 6.45) is 1.22. The van der Waals surface area contributed by atoms with Gasteiger partial charge in [-0.3, -0.25) is 4.79 Å². The molecular formula is C18H22N2O4S2. The zero-order valence-electron chi connectivity index (χ0n) is 14.8. The van der Waals surface area contributed by atoms with Gasteiger partial charge in [0.1, 0.15) is 16.0 Å². The Morgan fingerprint density at radius 1 is 1.35 bits per heavy atom. The summed E-state index contributed by atoms with van der Waals surface area (Å²) in [6, 6.07) is 10.2. The van der Waals surface area contributed by atoms with E-state index in [9.17, 15) is 13.2 Å². The van der Waals surface area contributed by atoms with Crippen LogP contribution in [-0.4, -0.2) is 38.3 Å². The molecule has 1 N–H and O–H groups in total. The minimum atomic E-state index is -3.63. The average Bonchev–Trinajstić information content (AvgIpc) is 3.29. The summed E-state index contributed by atoms with van der Waals surface area (Å²) in [5, 5.41) is 2.85. The summed E-state index contributed by atoms with van der Waals surface area (Å²) in [5.74, 6) is 0.456. The van der Waals surface area contributed by atoms with Gasteiger partial charge in [0.2, 0.25) is 5.91 Å². The summed E-state index contributed by atoms with van der Waals surface area (Å²) in [6.45, 7) is 2.57. The van der Waals surface area contributed by atoms with E-state index >= 15 is 0 Å². The topological polar surface area (TPSA) is 75.7 Å². The Hall–Kier alpha value is -1.90. The van der Waals surface area contributed by atoms with Gasteiger partial charge in [-0.15, -0.1) is 11.3 Å². The second kappa shape index (κ2) is 7.77. The Morgan fingerprint density at radius 3 is 2.85 bits per heavy atom. The van der Waals surface area contributed by atoms with Gasteiger partial charge in [-0.2, -0.15) is 4.31 Å². The second-order valence-electron chi connectivity index (χ2n) is 6.21. The van der Waals surface area contributed by atoms with Crippen LogP contribution in [0.2, 0.25) is 0 Å². The Morgan fingerprint density at radius 2 is 2.15 bits per heavy atom. The maximum atomic E-state index is 12.9. The highest BCUT2D eigenvalue weighted by atomic mass is 32.2. The summed E-state index contributed by atoms with van der Waals surface area (Å²) < 4.78 is 32.5. The van der Waals surface area contributed by atoms with Crippen molar-refractivity contribution in [3.8, 4) is 5.75 Å². The van der Waals surface area contributed by atoms with Gasteiger partial charge in [0.15, 0.2) is 0 Å². The number of ether oxygens (including phenoxy) is 1. The van der Waals surface area contributed by atoms with E-state index in [2.05, 4.69) is 5.32 Å². The van der Waals surface area contributed by atoms with E-state index in [4.69, 9.17) is 4.74 Å². The molecule has 1 fully saturated rings. The molecule has 8 heteroatoms. The van der Waals surface area contributed by atoms with E-state index < -0.39 is 16.1 Å². The van der Waals surface area contributed by atoms with Crippen LogP contribution in [0.3, 0.4) is 0 Å². The van der Waals surface area contributed by atoms with Gasteiger partial charge in [0.05, 0.1) is 7.11 Å². The van der Waals surface area contributed by atoms with Crippen LogP contribution < -0.4 is 10.1 Å². The van der Waals surface area contributed by atoms with E-state index in [0.717, 1.165) is 16.2 Å². The predicted molar refractivity (Wildman–Crippen MR) is 101 cm³/mol. The van der Waals surface area contributed by atoms with Gasteiger partial charge in [0, 0.05) is 18.0 Å². The number of carbonyl (C=O) groups excluding carboxylic acids is 1. The molecule has 1 amide bonds. The molecule has 2 aromatic rings. The smallest absolute Gasteiger partial charge is 0.253 e. The number of benzene rings is 1. The van der Waals surface area contributed by atoms with Crippen LogP contribution in [0.15, 0.2) is 40.6 Å². The molecular weight excluding hydrogens is 372 g/mol. The highest BCUT2D eigenvalue weighted by Gasteiger charge is 2.39. The number of thiophene rings is 1. The zero-order valence-corrected chi connectivity index (χ0v) is 16.4. The highest BCUT2D eigenvalue weighted by Crippen LogP contribution is 2.30. The fraction of sp³-hybridized carbons (Fsp3) is 0.389. The largest absolute Gasteiger partial charge is 0.497 e. The van der Waals surface area contributed by atoms with E-state index in [-0.39, 0.29) is 5.91 Å². The molecule has 0 radical (unpaired) electrons.